The number of nitrogens with one attached hydrogen (secondary N) is 1. The largest absolute Gasteiger partial charge is 0.333 e. The first kappa shape index (κ1) is 22.5. The Labute approximate surface area is 210 Å². The number of likely N-dealkylation sites (tertiary alicyclic amines) is 1. The molecule has 3 aromatic rings. The molecule has 0 spiro atoms. The van der Waals surface area contributed by atoms with Gasteiger partial charge in [0, 0.05) is 37.8 Å². The van der Waals surface area contributed by atoms with E-state index in [0.717, 1.165) is 0 Å². The van der Waals surface area contributed by atoms with Crippen molar-refractivity contribution in [3.8, 4) is 11.8 Å². The molecule has 0 bridgehead atoms. The van der Waals surface area contributed by atoms with Crippen LogP contribution in [0.5, 0.6) is 0 Å². The van der Waals surface area contributed by atoms with Crippen LogP contribution >= 0.6 is 0 Å². The summed E-state index contributed by atoms with van der Waals surface area (Å²) in [6.07, 6.45) is 3.60. The lowest BCUT2D eigenvalue weighted by Gasteiger charge is -2.44. The molecule has 2 aromatic heterocycles. The first-order valence-corrected chi connectivity index (χ1v) is 11.7. The van der Waals surface area contributed by atoms with Crippen molar-refractivity contribution in [2.45, 2.75) is 30.8 Å². The van der Waals surface area contributed by atoms with E-state index in [4.69, 9.17) is 0 Å². The van der Waals surface area contributed by atoms with Crippen molar-refractivity contribution in [2.75, 3.05) is 13.1 Å². The number of carbonyl (C=O) groups is 4. The Balaban J connectivity index is 1.17. The van der Waals surface area contributed by atoms with Gasteiger partial charge in [-0.15, -0.1) is 5.10 Å². The molecule has 6 rings (SSSR count). The van der Waals surface area contributed by atoms with E-state index in [1.165, 1.54) is 20.7 Å². The Bertz CT molecular complexity index is 1500. The molecule has 5 heterocycles. The summed E-state index contributed by atoms with van der Waals surface area (Å²) in [5, 5.41) is 20.1. The number of imide groups is 1. The minimum absolute atomic E-state index is 0.134. The van der Waals surface area contributed by atoms with Crippen LogP contribution in [0.4, 0.5) is 0 Å². The molecular formula is C25H20N8O4. The van der Waals surface area contributed by atoms with Crippen LogP contribution < -0.4 is 5.32 Å². The van der Waals surface area contributed by atoms with Crippen molar-refractivity contribution in [3.05, 3.63) is 71.3 Å². The number of benzene rings is 1. The van der Waals surface area contributed by atoms with Crippen LogP contribution in [0.3, 0.4) is 0 Å². The molecule has 1 N–H and O–H groups in total. The Morgan fingerprint density at radius 1 is 1.16 bits per heavy atom. The van der Waals surface area contributed by atoms with Crippen molar-refractivity contribution >= 4 is 23.6 Å². The zero-order valence-corrected chi connectivity index (χ0v) is 19.5. The maximum absolute atomic E-state index is 13.0. The number of hydrogen-bond acceptors (Lipinski definition) is 8. The van der Waals surface area contributed by atoms with Gasteiger partial charge in [0.2, 0.25) is 11.8 Å². The Hall–Kier alpha value is -4.92. The highest BCUT2D eigenvalue weighted by molar-refractivity contribution is 6.05. The van der Waals surface area contributed by atoms with Crippen molar-refractivity contribution in [3.63, 3.8) is 0 Å². The highest BCUT2D eigenvalue weighted by atomic mass is 16.2. The van der Waals surface area contributed by atoms with Crippen molar-refractivity contribution in [1.82, 2.24) is 35.1 Å². The van der Waals surface area contributed by atoms with Gasteiger partial charge in [-0.05, 0) is 42.3 Å². The summed E-state index contributed by atoms with van der Waals surface area (Å²) < 4.78 is 1.45. The molecule has 184 valence electrons. The average Bonchev–Trinajstić information content (AvgIpc) is 3.49. The molecule has 1 aromatic carbocycles. The molecule has 3 aliphatic rings. The van der Waals surface area contributed by atoms with Gasteiger partial charge in [0.1, 0.15) is 11.5 Å². The maximum atomic E-state index is 13.0. The molecule has 12 nitrogen and oxygen atoms in total. The van der Waals surface area contributed by atoms with E-state index >= 15 is 0 Å². The Kier molecular flexibility index (Phi) is 5.08. The zero-order valence-electron chi connectivity index (χ0n) is 19.5. The van der Waals surface area contributed by atoms with E-state index in [2.05, 4.69) is 26.7 Å². The molecule has 0 saturated carbocycles. The molecule has 0 aliphatic carbocycles. The molecular weight excluding hydrogens is 476 g/mol. The quantitative estimate of drug-likeness (QED) is 0.507. The molecule has 37 heavy (non-hydrogen) atoms. The number of carbonyl (C=O) groups excluding carboxylic acids is 4. The van der Waals surface area contributed by atoms with Gasteiger partial charge in [0.05, 0.1) is 23.6 Å². The SMILES string of the molecule is N#CC1(c2ccccn2)CN(C(=O)c2cn(-c3ccc4c(c3)CN(C3CCC(=O)NC3=O)C4=O)nn2)C1. The highest BCUT2D eigenvalue weighted by Crippen LogP contribution is 2.34. The van der Waals surface area contributed by atoms with E-state index in [9.17, 15) is 24.4 Å². The minimum Gasteiger partial charge on any atom is -0.333 e. The van der Waals surface area contributed by atoms with Gasteiger partial charge in [0.15, 0.2) is 5.69 Å². The predicted molar refractivity (Wildman–Crippen MR) is 125 cm³/mol. The molecule has 0 radical (unpaired) electrons. The van der Waals surface area contributed by atoms with Crippen LogP contribution in [0.2, 0.25) is 0 Å². The van der Waals surface area contributed by atoms with Gasteiger partial charge in [-0.25, -0.2) is 4.68 Å². The average molecular weight is 496 g/mol. The molecule has 12 heteroatoms. The molecule has 3 aliphatic heterocycles. The maximum Gasteiger partial charge on any atom is 0.276 e. The van der Waals surface area contributed by atoms with Crippen molar-refractivity contribution in [2.24, 2.45) is 0 Å². The number of fused-ring (bicyclic) bond motifs is 1. The normalized spacial score (nSPS) is 20.2. The first-order chi connectivity index (χ1) is 17.9. The van der Waals surface area contributed by atoms with Crippen LogP contribution in [0, 0.1) is 11.3 Å². The van der Waals surface area contributed by atoms with Gasteiger partial charge in [-0.2, -0.15) is 5.26 Å². The van der Waals surface area contributed by atoms with E-state index in [1.54, 1.807) is 36.5 Å². The number of piperidine rings is 1. The summed E-state index contributed by atoms with van der Waals surface area (Å²) in [6, 6.07) is 12.1. The molecule has 1 unspecified atom stereocenters. The third-order valence-corrected chi connectivity index (χ3v) is 7.06. The van der Waals surface area contributed by atoms with Gasteiger partial charge in [0.25, 0.3) is 11.8 Å². The van der Waals surface area contributed by atoms with Gasteiger partial charge < -0.3 is 9.80 Å². The summed E-state index contributed by atoms with van der Waals surface area (Å²) in [5.74, 6) is -1.41. The number of pyridine rings is 1. The second-order valence-electron chi connectivity index (χ2n) is 9.36. The minimum atomic E-state index is -0.839. The van der Waals surface area contributed by atoms with E-state index in [0.29, 0.717) is 22.5 Å². The van der Waals surface area contributed by atoms with Crippen LogP contribution in [0.25, 0.3) is 5.69 Å². The van der Waals surface area contributed by atoms with Crippen LogP contribution in [0.15, 0.2) is 48.8 Å². The summed E-state index contributed by atoms with van der Waals surface area (Å²) in [4.78, 5) is 56.9. The molecule has 4 amide bonds. The van der Waals surface area contributed by atoms with E-state index < -0.39 is 17.4 Å². The van der Waals surface area contributed by atoms with E-state index in [1.807, 2.05) is 6.07 Å². The third-order valence-electron chi connectivity index (χ3n) is 7.06. The van der Waals surface area contributed by atoms with Gasteiger partial charge in [-0.3, -0.25) is 29.5 Å². The fourth-order valence-electron chi connectivity index (χ4n) is 5.04. The third kappa shape index (κ3) is 3.63. The summed E-state index contributed by atoms with van der Waals surface area (Å²) >= 11 is 0. The fourth-order valence-corrected chi connectivity index (χ4v) is 5.04. The molecule has 2 saturated heterocycles. The summed E-state index contributed by atoms with van der Waals surface area (Å²) in [6.45, 7) is 0.652. The Morgan fingerprint density at radius 2 is 2.00 bits per heavy atom. The lowest BCUT2D eigenvalue weighted by Crippen LogP contribution is -2.60. The van der Waals surface area contributed by atoms with Gasteiger partial charge in [-0.1, -0.05) is 11.3 Å². The van der Waals surface area contributed by atoms with Crippen LogP contribution in [-0.4, -0.2) is 72.5 Å². The smallest absolute Gasteiger partial charge is 0.276 e. The number of nitrogens with zero attached hydrogens (tertiary/aromatic N) is 7. The van der Waals surface area contributed by atoms with E-state index in [-0.39, 0.29) is 55.9 Å². The van der Waals surface area contributed by atoms with Crippen molar-refractivity contribution < 1.29 is 19.2 Å². The predicted octanol–water partition coefficient (Wildman–Crippen LogP) is 0.341. The van der Waals surface area contributed by atoms with Crippen molar-refractivity contribution in [1.29, 1.82) is 5.26 Å². The number of nitriles is 1. The first-order valence-electron chi connectivity index (χ1n) is 11.7. The number of aromatic nitrogens is 4. The number of amides is 4. The van der Waals surface area contributed by atoms with Gasteiger partial charge >= 0.3 is 0 Å². The number of rotatable bonds is 4. The zero-order chi connectivity index (χ0) is 25.7. The number of hydrogen-bond donors (Lipinski definition) is 1. The fraction of sp³-hybridized carbons (Fsp3) is 0.280. The topological polar surface area (TPSA) is 154 Å². The summed E-state index contributed by atoms with van der Waals surface area (Å²) in [5.41, 5.74) is 1.72. The second-order valence-corrected chi connectivity index (χ2v) is 9.36. The monoisotopic (exact) mass is 496 g/mol. The molecule has 2 fully saturated rings. The Morgan fingerprint density at radius 3 is 2.73 bits per heavy atom. The molecule has 1 atom stereocenters. The lowest BCUT2D eigenvalue weighted by atomic mass is 9.77. The standard InChI is InChI=1S/C25H20N8O4/c26-12-25(20-3-1-2-8-27-20)13-31(14-25)24(37)18-11-33(30-29-18)16-4-5-17-15(9-16)10-32(23(17)36)19-6-7-21(34)28-22(19)35/h1-5,8-9,11,19H,6-7,10,13-14H2,(H,28,34,35). The van der Waals surface area contributed by atoms with Crippen LogP contribution in [0.1, 0.15) is 44.9 Å². The lowest BCUT2D eigenvalue weighted by molar-refractivity contribution is -0.136. The highest BCUT2D eigenvalue weighted by Gasteiger charge is 2.49. The van der Waals surface area contributed by atoms with Crippen LogP contribution in [-0.2, 0) is 21.5 Å². The summed E-state index contributed by atoms with van der Waals surface area (Å²) in [7, 11) is 0. The second kappa shape index (κ2) is 8.34.